The molecule has 1 aliphatic heterocycles. The molecule has 0 spiro atoms. The van der Waals surface area contributed by atoms with Crippen molar-refractivity contribution >= 4 is 5.71 Å². The van der Waals surface area contributed by atoms with Gasteiger partial charge in [-0.2, -0.15) is 5.01 Å². The van der Waals surface area contributed by atoms with Gasteiger partial charge in [0.1, 0.15) is 11.9 Å². The van der Waals surface area contributed by atoms with E-state index in [2.05, 4.69) is 48.1 Å². The Morgan fingerprint density at radius 1 is 1.05 bits per heavy atom. The molecule has 0 saturated carbocycles. The van der Waals surface area contributed by atoms with E-state index in [4.69, 9.17) is 0 Å². The molecule has 20 heavy (non-hydrogen) atoms. The Balaban J connectivity index is 1.92. The van der Waals surface area contributed by atoms with E-state index in [0.717, 1.165) is 12.0 Å². The molecule has 0 amide bonds. The molecular formula is C17H18FN2+. The molecule has 3 rings (SSSR count). The first-order valence-corrected chi connectivity index (χ1v) is 6.80. The molecule has 2 aromatic rings. The maximum absolute atomic E-state index is 13.1. The van der Waals surface area contributed by atoms with Gasteiger partial charge in [-0.15, -0.1) is 4.68 Å². The van der Waals surface area contributed by atoms with E-state index in [1.165, 1.54) is 23.4 Å². The van der Waals surface area contributed by atoms with Gasteiger partial charge in [0.25, 0.3) is 0 Å². The normalized spacial score (nSPS) is 18.8. The summed E-state index contributed by atoms with van der Waals surface area (Å²) in [6, 6.07) is 17.5. The van der Waals surface area contributed by atoms with Crippen LogP contribution in [0.3, 0.4) is 0 Å². The third kappa shape index (κ3) is 2.20. The molecule has 0 aromatic heterocycles. The molecule has 1 heterocycles. The second kappa shape index (κ2) is 5.08. The van der Waals surface area contributed by atoms with E-state index in [9.17, 15) is 4.39 Å². The minimum Gasteiger partial charge on any atom is -0.207 e. The highest BCUT2D eigenvalue weighted by atomic mass is 19.1. The van der Waals surface area contributed by atoms with Crippen molar-refractivity contribution in [2.75, 3.05) is 14.1 Å². The summed E-state index contributed by atoms with van der Waals surface area (Å²) in [6.07, 6.45) is 0.933. The number of hydrazone groups is 1. The van der Waals surface area contributed by atoms with Gasteiger partial charge in [-0.1, -0.05) is 30.3 Å². The van der Waals surface area contributed by atoms with Crippen molar-refractivity contribution in [1.82, 2.24) is 5.01 Å². The molecule has 2 nitrogen and oxygen atoms in total. The Kier molecular flexibility index (Phi) is 3.26. The van der Waals surface area contributed by atoms with Gasteiger partial charge in [0.2, 0.25) is 5.71 Å². The van der Waals surface area contributed by atoms with Crippen LogP contribution >= 0.6 is 0 Å². The second-order valence-corrected chi connectivity index (χ2v) is 5.18. The fourth-order valence-electron chi connectivity index (χ4n) is 2.80. The molecule has 0 fully saturated rings. The zero-order chi connectivity index (χ0) is 14.1. The van der Waals surface area contributed by atoms with E-state index < -0.39 is 0 Å². The van der Waals surface area contributed by atoms with Gasteiger partial charge in [0.05, 0.1) is 13.5 Å². The molecule has 1 unspecified atom stereocenters. The highest BCUT2D eigenvalue weighted by Gasteiger charge is 2.36. The van der Waals surface area contributed by atoms with Crippen LogP contribution in [0.1, 0.15) is 23.6 Å². The van der Waals surface area contributed by atoms with Gasteiger partial charge >= 0.3 is 0 Å². The largest absolute Gasteiger partial charge is 0.215 e. The summed E-state index contributed by atoms with van der Waals surface area (Å²) < 4.78 is 15.2. The van der Waals surface area contributed by atoms with Crippen molar-refractivity contribution in [3.05, 3.63) is 71.5 Å². The SMILES string of the molecule is CN1C(c2ccc(F)cc2)CC(c2ccccc2)=[N+]1C. The molecule has 0 saturated heterocycles. The Labute approximate surface area is 118 Å². The van der Waals surface area contributed by atoms with Gasteiger partial charge in [0.15, 0.2) is 7.05 Å². The van der Waals surface area contributed by atoms with Crippen molar-refractivity contribution in [1.29, 1.82) is 0 Å². The maximum atomic E-state index is 13.1. The lowest BCUT2D eigenvalue weighted by Crippen LogP contribution is -2.27. The maximum Gasteiger partial charge on any atom is 0.215 e. The molecule has 0 bridgehead atoms. The summed E-state index contributed by atoms with van der Waals surface area (Å²) in [5, 5.41) is 2.20. The van der Waals surface area contributed by atoms with Gasteiger partial charge < -0.3 is 0 Å². The standard InChI is InChI=1S/C17H18FN2/c1-19-16(13-6-4-3-5-7-13)12-17(20(19)2)14-8-10-15(18)11-9-14/h3-11,17H,12H2,1-2H3/q+1. The molecule has 3 heteroatoms. The van der Waals surface area contributed by atoms with Gasteiger partial charge in [0, 0.05) is 5.56 Å². The molecule has 0 N–H and O–H groups in total. The van der Waals surface area contributed by atoms with Crippen LogP contribution in [0, 0.1) is 5.82 Å². The second-order valence-electron chi connectivity index (χ2n) is 5.18. The first-order chi connectivity index (χ1) is 9.66. The molecule has 0 aliphatic carbocycles. The number of hydrogen-bond acceptors (Lipinski definition) is 1. The third-order valence-electron chi connectivity index (χ3n) is 4.06. The number of benzene rings is 2. The van der Waals surface area contributed by atoms with E-state index >= 15 is 0 Å². The predicted octanol–water partition coefficient (Wildman–Crippen LogP) is 3.25. The van der Waals surface area contributed by atoms with Crippen molar-refractivity contribution < 1.29 is 9.07 Å². The van der Waals surface area contributed by atoms with Crippen LogP contribution in [0.2, 0.25) is 0 Å². The summed E-state index contributed by atoms with van der Waals surface area (Å²) in [5.41, 5.74) is 3.68. The molecule has 1 atom stereocenters. The first kappa shape index (κ1) is 12.9. The van der Waals surface area contributed by atoms with Crippen LogP contribution in [0.15, 0.2) is 54.6 Å². The topological polar surface area (TPSA) is 6.25 Å². The van der Waals surface area contributed by atoms with Crippen LogP contribution in [-0.2, 0) is 0 Å². The Morgan fingerprint density at radius 2 is 1.70 bits per heavy atom. The average Bonchev–Trinajstić information content (AvgIpc) is 2.77. The number of nitrogens with zero attached hydrogens (tertiary/aromatic N) is 2. The van der Waals surface area contributed by atoms with Crippen molar-refractivity contribution in [3.63, 3.8) is 0 Å². The summed E-state index contributed by atoms with van der Waals surface area (Å²) >= 11 is 0. The first-order valence-electron chi connectivity index (χ1n) is 6.80. The highest BCUT2D eigenvalue weighted by Crippen LogP contribution is 2.30. The quantitative estimate of drug-likeness (QED) is 0.759. The minimum absolute atomic E-state index is 0.185. The summed E-state index contributed by atoms with van der Waals surface area (Å²) in [4.78, 5) is 0. The van der Waals surface area contributed by atoms with Gasteiger partial charge in [-0.25, -0.2) is 4.39 Å². The average molecular weight is 269 g/mol. The summed E-state index contributed by atoms with van der Waals surface area (Å²) in [6.45, 7) is 0. The Morgan fingerprint density at radius 3 is 2.35 bits per heavy atom. The number of hydrogen-bond donors (Lipinski definition) is 0. The van der Waals surface area contributed by atoms with Crippen LogP contribution in [0.4, 0.5) is 4.39 Å². The zero-order valence-electron chi connectivity index (χ0n) is 11.8. The van der Waals surface area contributed by atoms with Gasteiger partial charge in [-0.05, 0) is 29.8 Å². The smallest absolute Gasteiger partial charge is 0.207 e. The number of halogens is 1. The minimum atomic E-state index is -0.185. The lowest BCUT2D eigenvalue weighted by molar-refractivity contribution is -0.660. The van der Waals surface area contributed by atoms with E-state index in [-0.39, 0.29) is 11.9 Å². The fraction of sp³-hybridized carbons (Fsp3) is 0.235. The van der Waals surface area contributed by atoms with Gasteiger partial charge in [-0.3, -0.25) is 0 Å². The Bertz CT molecular complexity index is 632. The highest BCUT2D eigenvalue weighted by molar-refractivity contribution is 5.97. The molecular weight excluding hydrogens is 251 g/mol. The Hall–Kier alpha value is -2.16. The molecule has 102 valence electrons. The van der Waals surface area contributed by atoms with Crippen LogP contribution in [0.25, 0.3) is 0 Å². The fourth-order valence-corrected chi connectivity index (χ4v) is 2.80. The lowest BCUT2D eigenvalue weighted by Gasteiger charge is -2.17. The van der Waals surface area contributed by atoms with Crippen molar-refractivity contribution in [2.24, 2.45) is 0 Å². The van der Waals surface area contributed by atoms with Crippen LogP contribution in [-0.4, -0.2) is 29.5 Å². The number of hydrazine groups is 1. The molecule has 1 aliphatic rings. The monoisotopic (exact) mass is 269 g/mol. The number of rotatable bonds is 2. The summed E-state index contributed by atoms with van der Waals surface area (Å²) in [5.74, 6) is -0.185. The van der Waals surface area contributed by atoms with E-state index in [0.29, 0.717) is 0 Å². The zero-order valence-corrected chi connectivity index (χ0v) is 11.8. The van der Waals surface area contributed by atoms with Crippen molar-refractivity contribution in [3.8, 4) is 0 Å². The van der Waals surface area contributed by atoms with Crippen molar-refractivity contribution in [2.45, 2.75) is 12.5 Å². The van der Waals surface area contributed by atoms with E-state index in [1.807, 2.05) is 18.2 Å². The lowest BCUT2D eigenvalue weighted by atomic mass is 9.99. The molecule has 2 aromatic carbocycles. The summed E-state index contributed by atoms with van der Waals surface area (Å²) in [7, 11) is 4.15. The van der Waals surface area contributed by atoms with Crippen LogP contribution in [0.5, 0.6) is 0 Å². The molecule has 0 radical (unpaired) electrons. The third-order valence-corrected chi connectivity index (χ3v) is 4.06. The van der Waals surface area contributed by atoms with Crippen LogP contribution < -0.4 is 0 Å². The van der Waals surface area contributed by atoms with E-state index in [1.54, 1.807) is 0 Å². The predicted molar refractivity (Wildman–Crippen MR) is 78.3 cm³/mol.